The number of amides is 1. The average molecular weight is 292 g/mol. The summed E-state index contributed by atoms with van der Waals surface area (Å²) in [6.07, 6.45) is -0.480. The first-order valence-corrected chi connectivity index (χ1v) is 6.65. The molecule has 1 rings (SSSR count). The standard InChI is InChI=1S/C15H19NO5/c1-10(2)9-21-15(20)11-3-5-12(6-4-11)16-13(17)7-8-14(18)19/h3-6,10H,7-9H2,1-2H3,(H,16,17)(H,18,19)/p-1. The van der Waals surface area contributed by atoms with Crippen LogP contribution in [0.5, 0.6) is 0 Å². The molecular weight excluding hydrogens is 274 g/mol. The number of rotatable bonds is 7. The van der Waals surface area contributed by atoms with Crippen LogP contribution in [0.1, 0.15) is 37.0 Å². The number of hydrogen-bond donors (Lipinski definition) is 1. The van der Waals surface area contributed by atoms with Crippen LogP contribution in [0.3, 0.4) is 0 Å². The van der Waals surface area contributed by atoms with Crippen molar-refractivity contribution in [3.05, 3.63) is 29.8 Å². The molecule has 6 heteroatoms. The van der Waals surface area contributed by atoms with Gasteiger partial charge in [0, 0.05) is 18.1 Å². The largest absolute Gasteiger partial charge is 0.550 e. The monoisotopic (exact) mass is 292 g/mol. The summed E-state index contributed by atoms with van der Waals surface area (Å²) >= 11 is 0. The number of esters is 1. The van der Waals surface area contributed by atoms with Crippen LogP contribution in [-0.2, 0) is 14.3 Å². The molecule has 0 saturated carbocycles. The molecule has 0 aliphatic carbocycles. The molecule has 0 bridgehead atoms. The quantitative estimate of drug-likeness (QED) is 0.755. The third-order valence-electron chi connectivity index (χ3n) is 2.51. The highest BCUT2D eigenvalue weighted by Gasteiger charge is 2.08. The molecular formula is C15H18NO5-. The van der Waals surface area contributed by atoms with E-state index in [9.17, 15) is 19.5 Å². The van der Waals surface area contributed by atoms with Gasteiger partial charge < -0.3 is 20.0 Å². The Balaban J connectivity index is 2.51. The Morgan fingerprint density at radius 1 is 1.14 bits per heavy atom. The molecule has 0 spiro atoms. The van der Waals surface area contributed by atoms with E-state index in [1.165, 1.54) is 12.1 Å². The topological polar surface area (TPSA) is 95.5 Å². The number of nitrogens with one attached hydrogen (secondary N) is 1. The Bertz CT molecular complexity index is 507. The fourth-order valence-electron chi connectivity index (χ4n) is 1.45. The van der Waals surface area contributed by atoms with Gasteiger partial charge in [-0.15, -0.1) is 0 Å². The number of carboxylic acids is 1. The molecule has 114 valence electrons. The van der Waals surface area contributed by atoms with Gasteiger partial charge in [0.15, 0.2) is 0 Å². The minimum atomic E-state index is -1.27. The molecule has 1 aromatic carbocycles. The van der Waals surface area contributed by atoms with E-state index in [0.29, 0.717) is 17.9 Å². The van der Waals surface area contributed by atoms with E-state index < -0.39 is 17.8 Å². The Labute approximate surface area is 123 Å². The van der Waals surface area contributed by atoms with Crippen molar-refractivity contribution in [3.63, 3.8) is 0 Å². The molecule has 0 aromatic heterocycles. The van der Waals surface area contributed by atoms with E-state index in [1.54, 1.807) is 12.1 Å². The zero-order chi connectivity index (χ0) is 15.8. The van der Waals surface area contributed by atoms with Gasteiger partial charge in [-0.2, -0.15) is 0 Å². The van der Waals surface area contributed by atoms with Crippen LogP contribution in [0.15, 0.2) is 24.3 Å². The van der Waals surface area contributed by atoms with E-state index in [4.69, 9.17) is 4.74 Å². The van der Waals surface area contributed by atoms with Gasteiger partial charge in [0.05, 0.1) is 12.2 Å². The Morgan fingerprint density at radius 2 is 1.76 bits per heavy atom. The third-order valence-corrected chi connectivity index (χ3v) is 2.51. The van der Waals surface area contributed by atoms with Crippen molar-refractivity contribution in [2.24, 2.45) is 5.92 Å². The van der Waals surface area contributed by atoms with Crippen LogP contribution in [0.25, 0.3) is 0 Å². The van der Waals surface area contributed by atoms with Crippen molar-refractivity contribution in [1.82, 2.24) is 0 Å². The highest BCUT2D eigenvalue weighted by molar-refractivity contribution is 5.93. The summed E-state index contributed by atoms with van der Waals surface area (Å²) < 4.78 is 5.08. The smallest absolute Gasteiger partial charge is 0.338 e. The zero-order valence-corrected chi connectivity index (χ0v) is 12.0. The first-order chi connectivity index (χ1) is 9.88. The number of carbonyl (C=O) groups is 3. The molecule has 0 saturated heterocycles. The van der Waals surface area contributed by atoms with Crippen molar-refractivity contribution in [1.29, 1.82) is 0 Å². The van der Waals surface area contributed by atoms with Crippen molar-refractivity contribution >= 4 is 23.5 Å². The molecule has 0 aliphatic heterocycles. The highest BCUT2D eigenvalue weighted by atomic mass is 16.5. The van der Waals surface area contributed by atoms with E-state index in [-0.39, 0.29) is 18.8 Å². The summed E-state index contributed by atoms with van der Waals surface area (Å²) in [6, 6.07) is 6.19. The summed E-state index contributed by atoms with van der Waals surface area (Å²) in [5, 5.41) is 12.8. The van der Waals surface area contributed by atoms with Crippen LogP contribution in [0.4, 0.5) is 5.69 Å². The Hall–Kier alpha value is -2.37. The van der Waals surface area contributed by atoms with Crippen molar-refractivity contribution in [2.45, 2.75) is 26.7 Å². The van der Waals surface area contributed by atoms with Gasteiger partial charge in [0.1, 0.15) is 0 Å². The molecule has 0 unspecified atom stereocenters. The summed E-state index contributed by atoms with van der Waals surface area (Å²) in [4.78, 5) is 33.3. The van der Waals surface area contributed by atoms with Crippen LogP contribution >= 0.6 is 0 Å². The number of carbonyl (C=O) groups excluding carboxylic acids is 3. The van der Waals surface area contributed by atoms with Gasteiger partial charge in [-0.05, 0) is 36.6 Å². The molecule has 1 amide bonds. The number of benzene rings is 1. The second-order valence-electron chi connectivity index (χ2n) is 4.99. The first-order valence-electron chi connectivity index (χ1n) is 6.65. The van der Waals surface area contributed by atoms with Crippen LogP contribution in [0, 0.1) is 5.92 Å². The predicted molar refractivity (Wildman–Crippen MR) is 74.4 cm³/mol. The molecule has 0 atom stereocenters. The maximum absolute atomic E-state index is 11.7. The van der Waals surface area contributed by atoms with Crippen molar-refractivity contribution in [2.75, 3.05) is 11.9 Å². The lowest BCUT2D eigenvalue weighted by Crippen LogP contribution is -2.24. The fourth-order valence-corrected chi connectivity index (χ4v) is 1.45. The first kappa shape index (κ1) is 16.7. The van der Waals surface area contributed by atoms with Crippen LogP contribution < -0.4 is 10.4 Å². The van der Waals surface area contributed by atoms with Gasteiger partial charge in [0.2, 0.25) is 5.91 Å². The maximum Gasteiger partial charge on any atom is 0.338 e. The molecule has 0 radical (unpaired) electrons. The van der Waals surface area contributed by atoms with E-state index >= 15 is 0 Å². The Morgan fingerprint density at radius 3 is 2.29 bits per heavy atom. The normalized spacial score (nSPS) is 10.2. The molecule has 0 heterocycles. The minimum absolute atomic E-state index is 0.152. The van der Waals surface area contributed by atoms with E-state index in [0.717, 1.165) is 0 Å². The van der Waals surface area contributed by atoms with Crippen molar-refractivity contribution < 1.29 is 24.2 Å². The third kappa shape index (κ3) is 6.56. The van der Waals surface area contributed by atoms with E-state index in [2.05, 4.69) is 5.32 Å². The predicted octanol–water partition coefficient (Wildman–Crippen LogP) is 0.968. The molecule has 1 aromatic rings. The molecule has 0 aliphatic rings. The molecule has 1 N–H and O–H groups in total. The van der Waals surface area contributed by atoms with Crippen LogP contribution in [0.2, 0.25) is 0 Å². The second kappa shape index (κ2) is 8.04. The van der Waals surface area contributed by atoms with Gasteiger partial charge in [-0.1, -0.05) is 13.8 Å². The summed E-state index contributed by atoms with van der Waals surface area (Å²) in [7, 11) is 0. The zero-order valence-electron chi connectivity index (χ0n) is 12.0. The van der Waals surface area contributed by atoms with Crippen molar-refractivity contribution in [3.8, 4) is 0 Å². The lowest BCUT2D eigenvalue weighted by molar-refractivity contribution is -0.305. The average Bonchev–Trinajstić information content (AvgIpc) is 2.43. The SMILES string of the molecule is CC(C)COC(=O)c1ccc(NC(=O)CCC(=O)[O-])cc1. The lowest BCUT2D eigenvalue weighted by atomic mass is 10.2. The summed E-state index contributed by atoms with van der Waals surface area (Å²) in [5.41, 5.74) is 0.877. The van der Waals surface area contributed by atoms with Crippen LogP contribution in [-0.4, -0.2) is 24.5 Å². The van der Waals surface area contributed by atoms with E-state index in [1.807, 2.05) is 13.8 Å². The van der Waals surface area contributed by atoms with Gasteiger partial charge in [-0.25, -0.2) is 4.79 Å². The molecule has 21 heavy (non-hydrogen) atoms. The molecule has 0 fully saturated rings. The molecule has 6 nitrogen and oxygen atoms in total. The number of ether oxygens (including phenoxy) is 1. The minimum Gasteiger partial charge on any atom is -0.550 e. The maximum atomic E-state index is 11.7. The lowest BCUT2D eigenvalue weighted by Gasteiger charge is -2.08. The second-order valence-corrected chi connectivity index (χ2v) is 4.99. The Kier molecular flexibility index (Phi) is 6.39. The number of anilines is 1. The highest BCUT2D eigenvalue weighted by Crippen LogP contribution is 2.11. The summed E-state index contributed by atoms with van der Waals surface area (Å²) in [5.74, 6) is -1.85. The van der Waals surface area contributed by atoms with Gasteiger partial charge >= 0.3 is 5.97 Å². The van der Waals surface area contributed by atoms with Gasteiger partial charge in [0.25, 0.3) is 0 Å². The number of aliphatic carboxylic acids is 1. The van der Waals surface area contributed by atoms with Gasteiger partial charge in [-0.3, -0.25) is 4.79 Å². The number of carboxylic acid groups (broad SMARTS) is 1. The number of hydrogen-bond acceptors (Lipinski definition) is 5. The fraction of sp³-hybridized carbons (Fsp3) is 0.400. The summed E-state index contributed by atoms with van der Waals surface area (Å²) in [6.45, 7) is 4.23.